The Hall–Kier alpha value is 0.210. The van der Waals surface area contributed by atoms with Gasteiger partial charge in [-0.05, 0) is 57.8 Å². The lowest BCUT2D eigenvalue weighted by molar-refractivity contribution is 0.0878. The molecule has 1 atom stereocenters. The van der Waals surface area contributed by atoms with Crippen molar-refractivity contribution in [1.82, 2.24) is 9.80 Å². The van der Waals surface area contributed by atoms with E-state index in [2.05, 4.69) is 16.7 Å². The van der Waals surface area contributed by atoms with Gasteiger partial charge in [0.2, 0.25) is 0 Å². The van der Waals surface area contributed by atoms with Gasteiger partial charge in [0.15, 0.2) is 0 Å². The van der Waals surface area contributed by atoms with Gasteiger partial charge in [-0.15, -0.1) is 11.6 Å². The van der Waals surface area contributed by atoms with Crippen LogP contribution in [0.1, 0.15) is 39.0 Å². The second-order valence-corrected chi connectivity index (χ2v) is 6.20. The second-order valence-electron chi connectivity index (χ2n) is 5.89. The van der Waals surface area contributed by atoms with Crippen LogP contribution in [-0.4, -0.2) is 54.4 Å². The maximum atomic E-state index is 5.89. The Morgan fingerprint density at radius 3 is 2.29 bits per heavy atom. The fourth-order valence-corrected chi connectivity index (χ4v) is 3.34. The summed E-state index contributed by atoms with van der Waals surface area (Å²) < 4.78 is 0. The third kappa shape index (κ3) is 4.11. The fraction of sp³-hybridized carbons (Fsp3) is 1.00. The summed E-state index contributed by atoms with van der Waals surface area (Å²) in [5.74, 6) is 1.44. The van der Waals surface area contributed by atoms with Gasteiger partial charge in [0.1, 0.15) is 0 Å². The van der Waals surface area contributed by atoms with Crippen molar-refractivity contribution in [1.29, 1.82) is 0 Å². The average molecular weight is 259 g/mol. The van der Waals surface area contributed by atoms with Crippen molar-refractivity contribution in [3.8, 4) is 0 Å². The van der Waals surface area contributed by atoms with Gasteiger partial charge in [0.25, 0.3) is 0 Å². The largest absolute Gasteiger partial charge is 0.303 e. The molecule has 1 unspecified atom stereocenters. The molecule has 0 aromatic rings. The van der Waals surface area contributed by atoms with Gasteiger partial charge >= 0.3 is 0 Å². The van der Waals surface area contributed by atoms with E-state index in [1.165, 1.54) is 64.8 Å². The van der Waals surface area contributed by atoms with Gasteiger partial charge in [0, 0.05) is 18.5 Å². The standard InChI is InChI=1S/C14H27ClN2/c1-13(11-15)12-16-9-5-14(6-10-16)17-7-3-2-4-8-17/h13-14H,2-12H2,1H3. The van der Waals surface area contributed by atoms with Crippen LogP contribution in [0.5, 0.6) is 0 Å². The molecular formula is C14H27ClN2. The Morgan fingerprint density at radius 1 is 1.06 bits per heavy atom. The van der Waals surface area contributed by atoms with E-state index in [4.69, 9.17) is 11.6 Å². The summed E-state index contributed by atoms with van der Waals surface area (Å²) in [5.41, 5.74) is 0. The van der Waals surface area contributed by atoms with Crippen LogP contribution in [0.25, 0.3) is 0 Å². The van der Waals surface area contributed by atoms with Crippen LogP contribution in [0.3, 0.4) is 0 Å². The molecule has 2 fully saturated rings. The quantitative estimate of drug-likeness (QED) is 0.716. The van der Waals surface area contributed by atoms with Crippen LogP contribution in [0, 0.1) is 5.92 Å². The summed E-state index contributed by atoms with van der Waals surface area (Å²) >= 11 is 5.89. The summed E-state index contributed by atoms with van der Waals surface area (Å²) in [4.78, 5) is 5.35. The molecule has 0 bridgehead atoms. The van der Waals surface area contributed by atoms with Crippen LogP contribution in [0.15, 0.2) is 0 Å². The monoisotopic (exact) mass is 258 g/mol. The maximum absolute atomic E-state index is 5.89. The highest BCUT2D eigenvalue weighted by Gasteiger charge is 2.25. The Morgan fingerprint density at radius 2 is 1.71 bits per heavy atom. The first kappa shape index (κ1) is 13.6. The summed E-state index contributed by atoms with van der Waals surface area (Å²) in [5, 5.41) is 0. The molecule has 0 aliphatic carbocycles. The molecule has 2 nitrogen and oxygen atoms in total. The molecule has 3 heteroatoms. The molecule has 0 aromatic heterocycles. The molecule has 0 radical (unpaired) electrons. The number of alkyl halides is 1. The fourth-order valence-electron chi connectivity index (χ4n) is 3.24. The van der Waals surface area contributed by atoms with Gasteiger partial charge < -0.3 is 9.80 Å². The Bertz CT molecular complexity index is 208. The number of hydrogen-bond donors (Lipinski definition) is 0. The first-order valence-electron chi connectivity index (χ1n) is 7.32. The average Bonchev–Trinajstić information content (AvgIpc) is 2.40. The molecule has 2 rings (SSSR count). The van der Waals surface area contributed by atoms with Gasteiger partial charge in [-0.1, -0.05) is 13.3 Å². The van der Waals surface area contributed by atoms with E-state index < -0.39 is 0 Å². The number of piperidine rings is 2. The Labute approximate surface area is 111 Å². The number of rotatable bonds is 4. The molecule has 17 heavy (non-hydrogen) atoms. The van der Waals surface area contributed by atoms with Crippen LogP contribution < -0.4 is 0 Å². The number of nitrogens with zero attached hydrogens (tertiary/aromatic N) is 2. The predicted molar refractivity (Wildman–Crippen MR) is 74.8 cm³/mol. The molecule has 2 heterocycles. The van der Waals surface area contributed by atoms with Gasteiger partial charge in [-0.3, -0.25) is 0 Å². The van der Waals surface area contributed by atoms with Crippen molar-refractivity contribution in [2.75, 3.05) is 38.6 Å². The third-order valence-electron chi connectivity index (χ3n) is 4.30. The highest BCUT2D eigenvalue weighted by Crippen LogP contribution is 2.21. The summed E-state index contributed by atoms with van der Waals surface area (Å²) in [6, 6.07) is 0.873. The SMILES string of the molecule is CC(CCl)CN1CCC(N2CCCCC2)CC1. The zero-order valence-electron chi connectivity index (χ0n) is 11.2. The van der Waals surface area contributed by atoms with Crippen molar-refractivity contribution in [3.63, 3.8) is 0 Å². The lowest BCUT2D eigenvalue weighted by Crippen LogP contribution is -2.47. The summed E-state index contributed by atoms with van der Waals surface area (Å²) in [6.45, 7) is 8.70. The smallest absolute Gasteiger partial charge is 0.0261 e. The van der Waals surface area contributed by atoms with E-state index in [1.807, 2.05) is 0 Å². The van der Waals surface area contributed by atoms with E-state index in [0.717, 1.165) is 11.9 Å². The van der Waals surface area contributed by atoms with E-state index >= 15 is 0 Å². The molecular weight excluding hydrogens is 232 g/mol. The molecule has 2 aliphatic rings. The lowest BCUT2D eigenvalue weighted by atomic mass is 9.99. The first-order chi connectivity index (χ1) is 8.29. The second kappa shape index (κ2) is 6.96. The Balaban J connectivity index is 1.70. The predicted octanol–water partition coefficient (Wildman–Crippen LogP) is 2.81. The Kier molecular flexibility index (Phi) is 5.58. The minimum absolute atomic E-state index is 0.642. The molecule has 0 N–H and O–H groups in total. The summed E-state index contributed by atoms with van der Waals surface area (Å²) in [7, 11) is 0. The third-order valence-corrected chi connectivity index (χ3v) is 4.82. The lowest BCUT2D eigenvalue weighted by Gasteiger charge is -2.40. The van der Waals surface area contributed by atoms with Crippen LogP contribution >= 0.6 is 11.6 Å². The summed E-state index contributed by atoms with van der Waals surface area (Å²) in [6.07, 6.45) is 7.03. The van der Waals surface area contributed by atoms with Crippen LogP contribution in [-0.2, 0) is 0 Å². The first-order valence-corrected chi connectivity index (χ1v) is 7.85. The van der Waals surface area contributed by atoms with Crippen molar-refractivity contribution in [2.45, 2.75) is 45.1 Å². The molecule has 100 valence electrons. The van der Waals surface area contributed by atoms with Crippen molar-refractivity contribution < 1.29 is 0 Å². The number of likely N-dealkylation sites (tertiary alicyclic amines) is 2. The normalized spacial score (nSPS) is 27.2. The molecule has 2 aliphatic heterocycles. The van der Waals surface area contributed by atoms with E-state index in [9.17, 15) is 0 Å². The van der Waals surface area contributed by atoms with Gasteiger partial charge in [0.05, 0.1) is 0 Å². The number of halogens is 1. The van der Waals surface area contributed by atoms with Crippen LogP contribution in [0.2, 0.25) is 0 Å². The van der Waals surface area contributed by atoms with Crippen LogP contribution in [0.4, 0.5) is 0 Å². The van der Waals surface area contributed by atoms with Gasteiger partial charge in [-0.25, -0.2) is 0 Å². The molecule has 0 saturated carbocycles. The van der Waals surface area contributed by atoms with Crippen molar-refractivity contribution >= 4 is 11.6 Å². The highest BCUT2D eigenvalue weighted by molar-refractivity contribution is 6.18. The molecule has 2 saturated heterocycles. The molecule has 0 spiro atoms. The minimum Gasteiger partial charge on any atom is -0.303 e. The highest BCUT2D eigenvalue weighted by atomic mass is 35.5. The van der Waals surface area contributed by atoms with E-state index in [-0.39, 0.29) is 0 Å². The topological polar surface area (TPSA) is 6.48 Å². The van der Waals surface area contributed by atoms with Crippen molar-refractivity contribution in [2.24, 2.45) is 5.92 Å². The van der Waals surface area contributed by atoms with E-state index in [1.54, 1.807) is 0 Å². The zero-order valence-corrected chi connectivity index (χ0v) is 12.0. The number of hydrogen-bond acceptors (Lipinski definition) is 2. The minimum atomic E-state index is 0.642. The molecule has 0 amide bonds. The maximum Gasteiger partial charge on any atom is 0.0261 e. The van der Waals surface area contributed by atoms with Gasteiger partial charge in [-0.2, -0.15) is 0 Å². The van der Waals surface area contributed by atoms with Crippen molar-refractivity contribution in [3.05, 3.63) is 0 Å². The zero-order chi connectivity index (χ0) is 12.1. The molecule has 0 aromatic carbocycles. The van der Waals surface area contributed by atoms with E-state index in [0.29, 0.717) is 5.92 Å².